The molecule has 106 valence electrons. The van der Waals surface area contributed by atoms with Crippen molar-refractivity contribution in [2.24, 2.45) is 5.92 Å². The Bertz CT molecular complexity index is 686. The van der Waals surface area contributed by atoms with Crippen LogP contribution in [0.5, 0.6) is 0 Å². The van der Waals surface area contributed by atoms with Crippen LogP contribution in [0.25, 0.3) is 10.9 Å². The van der Waals surface area contributed by atoms with E-state index < -0.39 is 6.10 Å². The van der Waals surface area contributed by atoms with Crippen LogP contribution in [0.3, 0.4) is 0 Å². The van der Waals surface area contributed by atoms with Gasteiger partial charge in [0.15, 0.2) is 0 Å². The molecule has 0 unspecified atom stereocenters. The molecule has 2 aromatic rings. The number of piperidine rings is 1. The average molecular weight is 294 g/mol. The summed E-state index contributed by atoms with van der Waals surface area (Å²) < 4.78 is 1.57. The summed E-state index contributed by atoms with van der Waals surface area (Å²) in [5.41, 5.74) is 0.532. The van der Waals surface area contributed by atoms with Gasteiger partial charge in [-0.15, -0.1) is 0 Å². The Balaban J connectivity index is 1.95. The van der Waals surface area contributed by atoms with Crippen LogP contribution in [0.2, 0.25) is 5.02 Å². The number of hydrogen-bond donors (Lipinski definition) is 2. The third-order valence-electron chi connectivity index (χ3n) is 3.81. The van der Waals surface area contributed by atoms with Gasteiger partial charge in [-0.25, -0.2) is 4.98 Å². The van der Waals surface area contributed by atoms with Gasteiger partial charge in [-0.05, 0) is 31.2 Å². The molecule has 0 amide bonds. The van der Waals surface area contributed by atoms with Gasteiger partial charge in [-0.3, -0.25) is 9.36 Å². The smallest absolute Gasteiger partial charge is 0.261 e. The Morgan fingerprint density at radius 1 is 1.50 bits per heavy atom. The first-order valence-electron chi connectivity index (χ1n) is 6.68. The molecular weight excluding hydrogens is 278 g/mol. The number of aromatic nitrogens is 2. The maximum absolute atomic E-state index is 12.4. The van der Waals surface area contributed by atoms with Gasteiger partial charge >= 0.3 is 0 Å². The van der Waals surface area contributed by atoms with Crippen LogP contribution in [0.4, 0.5) is 0 Å². The van der Waals surface area contributed by atoms with Gasteiger partial charge in [0.1, 0.15) is 0 Å². The van der Waals surface area contributed by atoms with E-state index in [0.29, 0.717) is 29.0 Å². The zero-order valence-electron chi connectivity index (χ0n) is 10.9. The van der Waals surface area contributed by atoms with E-state index in [-0.39, 0.29) is 11.5 Å². The zero-order chi connectivity index (χ0) is 14.1. The summed E-state index contributed by atoms with van der Waals surface area (Å²) in [6, 6.07) is 5.10. The van der Waals surface area contributed by atoms with E-state index in [1.54, 1.807) is 29.1 Å². The summed E-state index contributed by atoms with van der Waals surface area (Å²) in [7, 11) is 0. The number of β-amino-alcohol motifs (C(OH)–C–C–N with tert-alkyl or cyclic N) is 1. The fourth-order valence-electron chi connectivity index (χ4n) is 2.62. The molecule has 0 saturated carbocycles. The van der Waals surface area contributed by atoms with Crippen molar-refractivity contribution in [2.75, 3.05) is 13.1 Å². The fourth-order valence-corrected chi connectivity index (χ4v) is 2.80. The third kappa shape index (κ3) is 2.57. The summed E-state index contributed by atoms with van der Waals surface area (Å²) in [6.07, 6.45) is 1.97. The minimum absolute atomic E-state index is 0.0763. The Morgan fingerprint density at radius 3 is 3.15 bits per heavy atom. The first-order chi connectivity index (χ1) is 9.65. The fraction of sp³-hybridized carbons (Fsp3) is 0.429. The lowest BCUT2D eigenvalue weighted by atomic mass is 9.95. The van der Waals surface area contributed by atoms with Gasteiger partial charge in [-0.1, -0.05) is 11.6 Å². The monoisotopic (exact) mass is 293 g/mol. The van der Waals surface area contributed by atoms with Crippen LogP contribution in [-0.2, 0) is 6.54 Å². The number of hydrogen-bond acceptors (Lipinski definition) is 4. The highest BCUT2D eigenvalue weighted by molar-refractivity contribution is 6.31. The van der Waals surface area contributed by atoms with E-state index in [1.807, 2.05) is 0 Å². The van der Waals surface area contributed by atoms with E-state index in [0.717, 1.165) is 13.0 Å². The summed E-state index contributed by atoms with van der Waals surface area (Å²) in [6.45, 7) is 1.92. The number of aliphatic hydroxyl groups is 1. The van der Waals surface area contributed by atoms with Gasteiger partial charge in [0.05, 0.1) is 23.3 Å². The van der Waals surface area contributed by atoms with Crippen molar-refractivity contribution in [3.63, 3.8) is 0 Å². The third-order valence-corrected chi connectivity index (χ3v) is 4.04. The quantitative estimate of drug-likeness (QED) is 0.867. The van der Waals surface area contributed by atoms with Crippen LogP contribution in [-0.4, -0.2) is 33.9 Å². The van der Waals surface area contributed by atoms with Crippen LogP contribution in [0.15, 0.2) is 29.3 Å². The molecule has 5 nitrogen and oxygen atoms in total. The first kappa shape index (κ1) is 13.5. The molecule has 1 aliphatic heterocycles. The molecular formula is C14H16ClN3O2. The van der Waals surface area contributed by atoms with Crippen molar-refractivity contribution in [2.45, 2.75) is 19.1 Å². The van der Waals surface area contributed by atoms with Crippen LogP contribution in [0.1, 0.15) is 6.42 Å². The van der Waals surface area contributed by atoms with Gasteiger partial charge < -0.3 is 10.4 Å². The summed E-state index contributed by atoms with van der Waals surface area (Å²) in [5.74, 6) is 0.0763. The Labute approximate surface area is 121 Å². The molecule has 1 saturated heterocycles. The van der Waals surface area contributed by atoms with Crippen molar-refractivity contribution >= 4 is 22.5 Å². The molecule has 0 spiro atoms. The molecule has 3 rings (SSSR count). The van der Waals surface area contributed by atoms with Crippen LogP contribution < -0.4 is 10.9 Å². The molecule has 1 aromatic heterocycles. The van der Waals surface area contributed by atoms with Gasteiger partial charge in [0.25, 0.3) is 5.56 Å². The Morgan fingerprint density at radius 2 is 2.35 bits per heavy atom. The minimum atomic E-state index is -0.425. The molecule has 20 heavy (non-hydrogen) atoms. The predicted octanol–water partition coefficient (Wildman–Crippen LogP) is 1.02. The normalized spacial score (nSPS) is 23.1. The highest BCUT2D eigenvalue weighted by Crippen LogP contribution is 2.17. The number of aliphatic hydroxyl groups excluding tert-OH is 1. The van der Waals surface area contributed by atoms with Crippen LogP contribution >= 0.6 is 11.6 Å². The van der Waals surface area contributed by atoms with E-state index >= 15 is 0 Å². The molecule has 1 fully saturated rings. The molecule has 2 atom stereocenters. The molecule has 0 radical (unpaired) electrons. The number of fused-ring (bicyclic) bond motifs is 1. The molecule has 0 aliphatic carbocycles. The number of halogens is 1. The lowest BCUT2D eigenvalue weighted by Crippen LogP contribution is -2.43. The van der Waals surface area contributed by atoms with Gasteiger partial charge in [0, 0.05) is 24.0 Å². The van der Waals surface area contributed by atoms with Crippen molar-refractivity contribution < 1.29 is 5.11 Å². The second-order valence-corrected chi connectivity index (χ2v) is 5.62. The number of nitrogens with one attached hydrogen (secondary N) is 1. The predicted molar refractivity (Wildman–Crippen MR) is 78.0 cm³/mol. The summed E-state index contributed by atoms with van der Waals surface area (Å²) >= 11 is 5.93. The Kier molecular flexibility index (Phi) is 3.74. The van der Waals surface area contributed by atoms with Gasteiger partial charge in [-0.2, -0.15) is 0 Å². The molecule has 6 heteroatoms. The van der Waals surface area contributed by atoms with Gasteiger partial charge in [0.2, 0.25) is 0 Å². The van der Waals surface area contributed by atoms with E-state index in [2.05, 4.69) is 10.3 Å². The van der Waals surface area contributed by atoms with E-state index in [9.17, 15) is 9.90 Å². The summed E-state index contributed by atoms with van der Waals surface area (Å²) in [4.78, 5) is 16.7. The topological polar surface area (TPSA) is 67.2 Å². The van der Waals surface area contributed by atoms with E-state index in [1.165, 1.54) is 0 Å². The molecule has 2 N–H and O–H groups in total. The second-order valence-electron chi connectivity index (χ2n) is 5.18. The summed E-state index contributed by atoms with van der Waals surface area (Å²) in [5, 5.41) is 14.1. The largest absolute Gasteiger partial charge is 0.391 e. The highest BCUT2D eigenvalue weighted by Gasteiger charge is 2.23. The first-order valence-corrected chi connectivity index (χ1v) is 7.06. The molecule has 1 aliphatic rings. The van der Waals surface area contributed by atoms with Crippen molar-refractivity contribution in [1.29, 1.82) is 0 Å². The molecule has 1 aromatic carbocycles. The SMILES string of the molecule is O=c1c2cc(Cl)ccc2ncn1C[C@@H]1CCNC[C@H]1O. The average Bonchev–Trinajstić information content (AvgIpc) is 2.45. The lowest BCUT2D eigenvalue weighted by molar-refractivity contribution is 0.0717. The number of nitrogens with zero attached hydrogens (tertiary/aromatic N) is 2. The standard InChI is InChI=1S/C14H16ClN3O2/c15-10-1-2-12-11(5-10)14(20)18(8-17-12)7-9-3-4-16-6-13(9)19/h1-2,5,8-9,13,16,19H,3-4,6-7H2/t9-,13+/m0/s1. The number of rotatable bonds is 2. The number of benzene rings is 1. The lowest BCUT2D eigenvalue weighted by Gasteiger charge is -2.28. The maximum Gasteiger partial charge on any atom is 0.261 e. The van der Waals surface area contributed by atoms with E-state index in [4.69, 9.17) is 11.6 Å². The van der Waals surface area contributed by atoms with Crippen molar-refractivity contribution in [3.05, 3.63) is 39.9 Å². The Hall–Kier alpha value is -1.43. The van der Waals surface area contributed by atoms with Crippen molar-refractivity contribution in [3.8, 4) is 0 Å². The maximum atomic E-state index is 12.4. The zero-order valence-corrected chi connectivity index (χ0v) is 11.7. The minimum Gasteiger partial charge on any atom is -0.391 e. The van der Waals surface area contributed by atoms with Crippen molar-refractivity contribution in [1.82, 2.24) is 14.9 Å². The van der Waals surface area contributed by atoms with Crippen LogP contribution in [0, 0.1) is 5.92 Å². The second kappa shape index (κ2) is 5.52. The molecule has 0 bridgehead atoms. The molecule has 2 heterocycles. The highest BCUT2D eigenvalue weighted by atomic mass is 35.5.